The summed E-state index contributed by atoms with van der Waals surface area (Å²) in [5.41, 5.74) is 2.39. The molecule has 0 spiro atoms. The van der Waals surface area contributed by atoms with Crippen LogP contribution in [0.5, 0.6) is 0 Å². The Labute approximate surface area is 180 Å². The van der Waals surface area contributed by atoms with Crippen molar-refractivity contribution in [3.05, 3.63) is 66.4 Å². The lowest BCUT2D eigenvalue weighted by Gasteiger charge is -2.26. The van der Waals surface area contributed by atoms with Crippen molar-refractivity contribution in [3.8, 4) is 17.5 Å². The predicted octanol–water partition coefficient (Wildman–Crippen LogP) is 4.99. The lowest BCUT2D eigenvalue weighted by atomic mass is 9.89. The van der Waals surface area contributed by atoms with E-state index in [0.717, 1.165) is 35.5 Å². The molecule has 2 bridgehead atoms. The zero-order valence-electron chi connectivity index (χ0n) is 16.5. The zero-order chi connectivity index (χ0) is 20.5. The van der Waals surface area contributed by atoms with Crippen LogP contribution >= 0.6 is 11.8 Å². The Kier molecular flexibility index (Phi) is 5.06. The van der Waals surface area contributed by atoms with Crippen molar-refractivity contribution in [2.75, 3.05) is 6.54 Å². The summed E-state index contributed by atoms with van der Waals surface area (Å²) < 4.78 is 0. The first kappa shape index (κ1) is 19.0. The molecule has 2 fully saturated rings. The number of ketones is 1. The zero-order valence-corrected chi connectivity index (χ0v) is 17.3. The predicted molar refractivity (Wildman–Crippen MR) is 116 cm³/mol. The molecule has 3 atom stereocenters. The van der Waals surface area contributed by atoms with Crippen molar-refractivity contribution >= 4 is 17.5 Å². The smallest absolute Gasteiger partial charge is 0.180 e. The average molecular weight is 415 g/mol. The van der Waals surface area contributed by atoms with E-state index in [2.05, 4.69) is 34.6 Å². The molecule has 1 aliphatic heterocycles. The number of nitrogens with zero attached hydrogens (tertiary/aromatic N) is 3. The molecule has 1 N–H and O–H groups in total. The van der Waals surface area contributed by atoms with Gasteiger partial charge in [0.2, 0.25) is 0 Å². The summed E-state index contributed by atoms with van der Waals surface area (Å²) in [6, 6.07) is 20.6. The number of piperidine rings is 1. The number of carbonyl (C=O) groups excluding carboxylic acids is 1. The second-order valence-electron chi connectivity index (χ2n) is 8.10. The molecular weight excluding hydrogens is 392 g/mol. The fourth-order valence-electron chi connectivity index (χ4n) is 4.77. The minimum absolute atomic E-state index is 0.114. The van der Waals surface area contributed by atoms with Crippen LogP contribution < -0.4 is 0 Å². The number of fused-ring (bicyclic) bond motifs is 2. The van der Waals surface area contributed by atoms with Crippen LogP contribution in [0.15, 0.2) is 70.5 Å². The largest absolute Gasteiger partial charge is 0.307 e. The van der Waals surface area contributed by atoms with E-state index in [0.29, 0.717) is 30.0 Å². The van der Waals surface area contributed by atoms with Gasteiger partial charge in [-0.2, -0.15) is 10.4 Å². The van der Waals surface area contributed by atoms with Crippen molar-refractivity contribution in [1.82, 2.24) is 15.1 Å². The molecular formula is C24H22N4OS. The number of aromatic nitrogens is 2. The van der Waals surface area contributed by atoms with Crippen LogP contribution in [0.2, 0.25) is 0 Å². The summed E-state index contributed by atoms with van der Waals surface area (Å²) >= 11 is 1.69. The second-order valence-corrected chi connectivity index (χ2v) is 9.22. The summed E-state index contributed by atoms with van der Waals surface area (Å²) in [5, 5.41) is 16.6. The van der Waals surface area contributed by atoms with Crippen LogP contribution in [0.4, 0.5) is 0 Å². The Bertz CT molecular complexity index is 1100. The molecule has 1 aliphatic carbocycles. The maximum absolute atomic E-state index is 12.9. The second kappa shape index (κ2) is 8.00. The molecule has 30 heavy (non-hydrogen) atoms. The molecule has 1 saturated heterocycles. The van der Waals surface area contributed by atoms with Gasteiger partial charge in [0.15, 0.2) is 12.0 Å². The lowest BCUT2D eigenvalue weighted by molar-refractivity contribution is 0.0931. The number of aromatic amines is 1. The normalized spacial score (nSPS) is 22.2. The van der Waals surface area contributed by atoms with Crippen molar-refractivity contribution in [2.24, 2.45) is 11.8 Å². The third-order valence-corrected chi connectivity index (χ3v) is 7.36. The van der Waals surface area contributed by atoms with Gasteiger partial charge in [0.05, 0.1) is 5.69 Å². The Morgan fingerprint density at radius 3 is 2.73 bits per heavy atom. The number of nitrogens with one attached hydrogen (secondary N) is 1. The highest BCUT2D eigenvalue weighted by Crippen LogP contribution is 2.43. The van der Waals surface area contributed by atoms with Gasteiger partial charge in [0, 0.05) is 34.4 Å². The minimum atomic E-state index is 0.114. The Morgan fingerprint density at radius 2 is 1.97 bits per heavy atom. The number of likely N-dealkylation sites (tertiary alicyclic amines) is 1. The molecule has 1 saturated carbocycles. The van der Waals surface area contributed by atoms with Crippen LogP contribution in [0.25, 0.3) is 11.3 Å². The fraction of sp³-hybridized carbons (Fsp3) is 0.292. The van der Waals surface area contributed by atoms with Gasteiger partial charge in [0.25, 0.3) is 0 Å². The Balaban J connectivity index is 1.31. The summed E-state index contributed by atoms with van der Waals surface area (Å²) in [6.07, 6.45) is 4.80. The molecule has 3 unspecified atom stereocenters. The Hall–Kier alpha value is -3.04. The number of benzene rings is 2. The summed E-state index contributed by atoms with van der Waals surface area (Å²) in [5.74, 6) is 0.951. The third-order valence-electron chi connectivity index (χ3n) is 6.28. The van der Waals surface area contributed by atoms with Crippen molar-refractivity contribution in [2.45, 2.75) is 35.1 Å². The first-order chi connectivity index (χ1) is 14.7. The van der Waals surface area contributed by atoms with Gasteiger partial charge >= 0.3 is 0 Å². The van der Waals surface area contributed by atoms with E-state index in [4.69, 9.17) is 5.26 Å². The number of carbonyl (C=O) groups is 1. The van der Waals surface area contributed by atoms with E-state index in [-0.39, 0.29) is 5.78 Å². The maximum Gasteiger partial charge on any atom is 0.180 e. The van der Waals surface area contributed by atoms with E-state index in [1.807, 2.05) is 47.4 Å². The minimum Gasteiger partial charge on any atom is -0.307 e. The van der Waals surface area contributed by atoms with Gasteiger partial charge < -0.3 is 4.90 Å². The molecule has 2 aliphatic rings. The fourth-order valence-corrected chi connectivity index (χ4v) is 5.74. The summed E-state index contributed by atoms with van der Waals surface area (Å²) in [6.45, 7) is 0.803. The SMILES string of the molecule is N#CN1CC2CC1CC2CC(=O)c1cc(-c2ccccc2Sc2ccccc2)n[nH]1. The summed E-state index contributed by atoms with van der Waals surface area (Å²) in [4.78, 5) is 17.0. The highest BCUT2D eigenvalue weighted by Gasteiger charge is 2.45. The van der Waals surface area contributed by atoms with Gasteiger partial charge in [-0.1, -0.05) is 48.2 Å². The number of rotatable bonds is 6. The number of hydrogen-bond donors (Lipinski definition) is 1. The molecule has 1 aromatic heterocycles. The van der Waals surface area contributed by atoms with Gasteiger partial charge in [-0.3, -0.25) is 9.89 Å². The molecule has 2 aromatic carbocycles. The molecule has 0 radical (unpaired) electrons. The van der Waals surface area contributed by atoms with Crippen LogP contribution in [-0.2, 0) is 0 Å². The maximum atomic E-state index is 12.9. The van der Waals surface area contributed by atoms with Gasteiger partial charge in [-0.05, 0) is 48.9 Å². The molecule has 0 amide bonds. The molecule has 3 aromatic rings. The average Bonchev–Trinajstić information content (AvgIpc) is 3.50. The topological polar surface area (TPSA) is 72.8 Å². The van der Waals surface area contributed by atoms with Crippen molar-refractivity contribution in [1.29, 1.82) is 5.26 Å². The molecule has 5 nitrogen and oxygen atoms in total. The van der Waals surface area contributed by atoms with Crippen molar-refractivity contribution in [3.63, 3.8) is 0 Å². The van der Waals surface area contributed by atoms with Crippen LogP contribution in [-0.4, -0.2) is 33.5 Å². The molecule has 5 rings (SSSR count). The van der Waals surface area contributed by atoms with Crippen LogP contribution in [0.3, 0.4) is 0 Å². The standard InChI is InChI=1S/C24H22N4OS/c25-15-28-14-17-11-18(28)10-16(17)12-23(29)22-13-21(26-27-22)20-8-4-5-9-24(20)30-19-6-2-1-3-7-19/h1-9,13,16-18H,10-12,14H2,(H,26,27). The highest BCUT2D eigenvalue weighted by molar-refractivity contribution is 7.99. The number of Topliss-reactive ketones (excluding diaryl/α,β-unsaturated/α-hetero) is 1. The van der Waals surface area contributed by atoms with Crippen LogP contribution in [0, 0.1) is 23.3 Å². The van der Waals surface area contributed by atoms with E-state index < -0.39 is 0 Å². The van der Waals surface area contributed by atoms with Crippen LogP contribution in [0.1, 0.15) is 29.8 Å². The van der Waals surface area contributed by atoms with E-state index in [1.54, 1.807) is 11.8 Å². The van der Waals surface area contributed by atoms with Gasteiger partial charge in [-0.15, -0.1) is 0 Å². The number of H-pyrrole nitrogens is 1. The first-order valence-corrected chi connectivity index (χ1v) is 11.1. The lowest BCUT2D eigenvalue weighted by Crippen LogP contribution is -2.32. The van der Waals surface area contributed by atoms with Gasteiger partial charge in [-0.25, -0.2) is 0 Å². The van der Waals surface area contributed by atoms with Crippen molar-refractivity contribution < 1.29 is 4.79 Å². The van der Waals surface area contributed by atoms with Gasteiger partial charge in [0.1, 0.15) is 5.69 Å². The third kappa shape index (κ3) is 3.61. The monoisotopic (exact) mass is 414 g/mol. The van der Waals surface area contributed by atoms with E-state index in [9.17, 15) is 4.79 Å². The quantitative estimate of drug-likeness (QED) is 0.454. The summed E-state index contributed by atoms with van der Waals surface area (Å²) in [7, 11) is 0. The first-order valence-electron chi connectivity index (χ1n) is 10.3. The molecule has 6 heteroatoms. The number of nitriles is 1. The molecule has 150 valence electrons. The Morgan fingerprint density at radius 1 is 1.17 bits per heavy atom. The van der Waals surface area contributed by atoms with E-state index in [1.165, 1.54) is 4.90 Å². The molecule has 2 heterocycles. The highest BCUT2D eigenvalue weighted by atomic mass is 32.2. The van der Waals surface area contributed by atoms with E-state index >= 15 is 0 Å². The number of hydrogen-bond acceptors (Lipinski definition) is 5.